The number of hydrogen-bond acceptors (Lipinski definition) is 10. The Balaban J connectivity index is 0.000000317. The smallest absolute Gasteiger partial charge is 0.324 e. The number of ether oxygens (including phenoxy) is 2. The summed E-state index contributed by atoms with van der Waals surface area (Å²) in [5.74, 6) is 0.312. The molecule has 214 valence electrons. The second-order valence-corrected chi connectivity index (χ2v) is 6.87. The molecule has 0 amide bonds. The van der Waals surface area contributed by atoms with Crippen molar-refractivity contribution < 1.29 is 51.6 Å². The zero-order valence-electron chi connectivity index (χ0n) is 21.0. The summed E-state index contributed by atoms with van der Waals surface area (Å²) in [6.45, 7) is 0. The molecule has 0 aliphatic carbocycles. The quantitative estimate of drug-likeness (QED) is 0.188. The van der Waals surface area contributed by atoms with Crippen molar-refractivity contribution in [2.24, 2.45) is 0 Å². The van der Waals surface area contributed by atoms with Crippen LogP contribution in [0.1, 0.15) is 0 Å². The Morgan fingerprint density at radius 1 is 0.571 bits per heavy atom. The Hall–Kier alpha value is -5.02. The Morgan fingerprint density at radius 3 is 1.24 bits per heavy atom. The molecule has 0 aliphatic rings. The first-order valence-corrected chi connectivity index (χ1v) is 11.0. The SMILES string of the molecule is [C-]#Cn1cccc1.[C-]#Cn1cccc1.[Pt].[Pt].[c-]1cnc(Oc2ncncn2)[c-]c1-c1[c-]cnc(Oc2ncncn2)[c-]1. The zero-order chi connectivity index (χ0) is 27.8. The molecular formula is C28H14N10O2Pt2-6. The van der Waals surface area contributed by atoms with E-state index >= 15 is 0 Å². The van der Waals surface area contributed by atoms with Crippen molar-refractivity contribution in [2.75, 3.05) is 0 Å². The predicted molar refractivity (Wildman–Crippen MR) is 137 cm³/mol. The van der Waals surface area contributed by atoms with Gasteiger partial charge in [0.25, 0.3) is 0 Å². The van der Waals surface area contributed by atoms with Gasteiger partial charge in [0.2, 0.25) is 0 Å². The minimum Gasteiger partial charge on any atom is -0.669 e. The maximum absolute atomic E-state index is 6.57. The van der Waals surface area contributed by atoms with Gasteiger partial charge >= 0.3 is 12.0 Å². The van der Waals surface area contributed by atoms with Gasteiger partial charge in [-0.15, -0.1) is 12.4 Å². The van der Waals surface area contributed by atoms with Crippen molar-refractivity contribution in [2.45, 2.75) is 0 Å². The molecule has 0 N–H and O–H groups in total. The molecule has 42 heavy (non-hydrogen) atoms. The Labute approximate surface area is 270 Å². The molecule has 0 spiro atoms. The molecular weight excluding hydrogens is 899 g/mol. The summed E-state index contributed by atoms with van der Waals surface area (Å²) in [6, 6.07) is 23.6. The van der Waals surface area contributed by atoms with Gasteiger partial charge < -0.3 is 66.8 Å². The molecule has 12 nitrogen and oxygen atoms in total. The molecule has 0 bridgehead atoms. The van der Waals surface area contributed by atoms with E-state index in [0.717, 1.165) is 0 Å². The normalized spacial score (nSPS) is 9.00. The van der Waals surface area contributed by atoms with E-state index in [9.17, 15) is 0 Å². The van der Waals surface area contributed by atoms with Gasteiger partial charge in [0.15, 0.2) is 0 Å². The fourth-order valence-electron chi connectivity index (χ4n) is 2.59. The largest absolute Gasteiger partial charge is 0.669 e. The fraction of sp³-hybridized carbons (Fsp3) is 0. The minimum atomic E-state index is 0. The van der Waals surface area contributed by atoms with Crippen LogP contribution in [0.3, 0.4) is 0 Å². The third-order valence-electron chi connectivity index (χ3n) is 4.28. The molecule has 0 aromatic carbocycles. The molecule has 0 saturated carbocycles. The molecule has 0 unspecified atom stereocenters. The molecule has 6 rings (SSSR count). The van der Waals surface area contributed by atoms with Gasteiger partial charge in [-0.25, -0.2) is 22.1 Å². The van der Waals surface area contributed by atoms with E-state index < -0.39 is 0 Å². The molecule has 14 heteroatoms. The molecule has 6 aromatic rings. The van der Waals surface area contributed by atoms with Crippen molar-refractivity contribution in [1.29, 1.82) is 0 Å². The topological polar surface area (TPSA) is 131 Å². The molecule has 6 aromatic heterocycles. The first kappa shape index (κ1) is 33.2. The van der Waals surface area contributed by atoms with Crippen LogP contribution in [0, 0.1) is 49.2 Å². The van der Waals surface area contributed by atoms with Gasteiger partial charge in [0.1, 0.15) is 25.3 Å². The average molecular weight is 913 g/mol. The van der Waals surface area contributed by atoms with Crippen molar-refractivity contribution in [3.63, 3.8) is 0 Å². The van der Waals surface area contributed by atoms with Crippen molar-refractivity contribution in [3.8, 4) is 47.0 Å². The standard InChI is InChI=1S/C16H6N8O2.2C6H4N.2Pt/c1-3-19-13(25-15-21-7-17-8-22-15)5-11(1)12-2-4-20-14(6-12)26-16-23-9-18-10-24-16;2*1-2-7-5-3-4-6-7;;/h3-4,7-10H;2*3-6H;;/q-4;2*-1;;. The van der Waals surface area contributed by atoms with Gasteiger partial charge in [-0.2, -0.15) is 19.9 Å². The van der Waals surface area contributed by atoms with E-state index in [4.69, 9.17) is 22.3 Å². The molecule has 0 saturated heterocycles. The third-order valence-corrected chi connectivity index (χ3v) is 4.28. The van der Waals surface area contributed by atoms with Gasteiger partial charge in [0.05, 0.1) is 11.8 Å². The van der Waals surface area contributed by atoms with Gasteiger partial charge in [-0.1, -0.05) is 0 Å². The Morgan fingerprint density at radius 2 is 0.929 bits per heavy atom. The zero-order valence-corrected chi connectivity index (χ0v) is 25.5. The minimum absolute atomic E-state index is 0. The first-order valence-electron chi connectivity index (χ1n) is 11.0. The van der Waals surface area contributed by atoms with Crippen molar-refractivity contribution in [1.82, 2.24) is 49.0 Å². The van der Waals surface area contributed by atoms with Crippen LogP contribution in [-0.2, 0) is 42.1 Å². The summed E-state index contributed by atoms with van der Waals surface area (Å²) >= 11 is 0. The maximum Gasteiger partial charge on any atom is 0.324 e. The summed E-state index contributed by atoms with van der Waals surface area (Å²) in [4.78, 5) is 30.9. The van der Waals surface area contributed by atoms with Crippen LogP contribution in [0.5, 0.6) is 23.8 Å². The van der Waals surface area contributed by atoms with Crippen LogP contribution >= 0.6 is 0 Å². The summed E-state index contributed by atoms with van der Waals surface area (Å²) < 4.78 is 13.9. The summed E-state index contributed by atoms with van der Waals surface area (Å²) in [6.07, 6.45) is 28.3. The van der Waals surface area contributed by atoms with E-state index in [0.29, 0.717) is 11.1 Å². The summed E-state index contributed by atoms with van der Waals surface area (Å²) in [5.41, 5.74) is 0.985. The van der Waals surface area contributed by atoms with E-state index in [-0.39, 0.29) is 65.9 Å². The van der Waals surface area contributed by atoms with Crippen LogP contribution in [-0.4, -0.2) is 49.0 Å². The number of aromatic nitrogens is 10. The molecule has 0 fully saturated rings. The Bertz CT molecular complexity index is 1550. The van der Waals surface area contributed by atoms with Crippen molar-refractivity contribution >= 4 is 0 Å². The first-order chi connectivity index (χ1) is 19.7. The monoisotopic (exact) mass is 912 g/mol. The van der Waals surface area contributed by atoms with Crippen LogP contribution in [0.2, 0.25) is 0 Å². The van der Waals surface area contributed by atoms with Gasteiger partial charge in [-0.3, -0.25) is 9.97 Å². The van der Waals surface area contributed by atoms with E-state index in [1.54, 1.807) is 33.9 Å². The van der Waals surface area contributed by atoms with Crippen LogP contribution in [0.15, 0.2) is 86.8 Å². The van der Waals surface area contributed by atoms with Crippen LogP contribution < -0.4 is 9.47 Å². The second-order valence-electron chi connectivity index (χ2n) is 6.87. The van der Waals surface area contributed by atoms with Crippen molar-refractivity contribution in [3.05, 3.63) is 124 Å². The van der Waals surface area contributed by atoms with Crippen LogP contribution in [0.4, 0.5) is 0 Å². The maximum atomic E-state index is 6.57. The fourth-order valence-corrected chi connectivity index (χ4v) is 2.59. The predicted octanol–water partition coefficient (Wildman–Crippen LogP) is 3.06. The summed E-state index contributed by atoms with van der Waals surface area (Å²) in [7, 11) is 0. The molecule has 0 atom stereocenters. The van der Waals surface area contributed by atoms with E-state index in [1.807, 2.05) is 24.3 Å². The number of pyridine rings is 2. The molecule has 0 aliphatic heterocycles. The number of rotatable bonds is 5. The average Bonchev–Trinajstić information content (AvgIpc) is 3.74. The van der Waals surface area contributed by atoms with E-state index in [1.165, 1.54) is 37.7 Å². The molecule has 0 radical (unpaired) electrons. The van der Waals surface area contributed by atoms with Gasteiger partial charge in [-0.05, 0) is 24.3 Å². The third kappa shape index (κ3) is 10.9. The molecule has 6 heterocycles. The van der Waals surface area contributed by atoms with E-state index in [2.05, 4.69) is 76.2 Å². The Kier molecular flexibility index (Phi) is 14.5. The van der Waals surface area contributed by atoms with Crippen LogP contribution in [0.25, 0.3) is 11.1 Å². The number of nitrogens with zero attached hydrogens (tertiary/aromatic N) is 10. The number of hydrogen-bond donors (Lipinski definition) is 0. The second kappa shape index (κ2) is 18.3. The summed E-state index contributed by atoms with van der Waals surface area (Å²) in [5, 5.41) is 0. The van der Waals surface area contributed by atoms with Gasteiger partial charge in [0, 0.05) is 66.9 Å².